The van der Waals surface area contributed by atoms with Gasteiger partial charge in [-0.1, -0.05) is 27.7 Å². The maximum atomic E-state index is 15.4. The number of carboxylic acid groups (broad SMARTS) is 1. The van der Waals surface area contributed by atoms with Crippen molar-refractivity contribution in [2.75, 3.05) is 66.9 Å². The van der Waals surface area contributed by atoms with Gasteiger partial charge in [0.1, 0.15) is 35.5 Å². The number of carboxylic acids is 1. The molecule has 18 atom stereocenters. The number of likely N-dealkylation sites (N-methyl/N-ethyl adjacent to an activating group) is 2. The van der Waals surface area contributed by atoms with Crippen LogP contribution in [0.15, 0.2) is 23.1 Å². The lowest BCUT2D eigenvalue weighted by Crippen LogP contribution is -2.61. The third-order valence-electron chi connectivity index (χ3n) is 17.6. The number of nitrogens with one attached hydrogen (secondary N) is 1. The molecule has 3 N–H and O–H groups in total. The number of hydrogen-bond donors (Lipinski definition) is 3. The first-order valence-electron chi connectivity index (χ1n) is 28.0. The molecule has 79 heavy (non-hydrogen) atoms. The number of aliphatic hydroxyl groups excluding tert-OH is 1. The van der Waals surface area contributed by atoms with Crippen LogP contribution >= 0.6 is 0 Å². The number of rotatable bonds is 18. The minimum absolute atomic E-state index is 0.0212. The SMILES string of the molecule is CC[C@H]1OC(=O)[C@H](C)[C@@H](O[C@H]2C[C@@](C)(OC)[C@@H](OCCN(C)CCNc3cc4c(cc3F)c(=O)c(C(=O)O)cn4C3CC3)[C@H](C)O2)[C@H](C)[C@@H](O[C@H]2O[C@@H](C)C[C@@H](N(C)C)[C@@H]2O)[C@](C)(OC)C[C@@H](C)C(=O)[C@H](C)[C@H]2OC(=O)O[C@@]21C. The van der Waals surface area contributed by atoms with Crippen LogP contribution in [0.3, 0.4) is 0 Å². The number of nitrogens with zero attached hydrogens (tertiary/aromatic N) is 3. The van der Waals surface area contributed by atoms with Crippen molar-refractivity contribution < 1.29 is 81.2 Å². The summed E-state index contributed by atoms with van der Waals surface area (Å²) in [7, 11) is 8.77. The third-order valence-corrected chi connectivity index (χ3v) is 17.6. The highest BCUT2D eigenvalue weighted by Gasteiger charge is 2.60. The number of carbonyl (C=O) groups excluding carboxylic acids is 3. The van der Waals surface area contributed by atoms with Gasteiger partial charge in [-0.2, -0.15) is 0 Å². The Kier molecular flexibility index (Phi) is 19.7. The molecule has 2 aromatic rings. The van der Waals surface area contributed by atoms with Gasteiger partial charge >= 0.3 is 18.1 Å². The Morgan fingerprint density at radius 2 is 1.57 bits per heavy atom. The monoisotopic (exact) mass is 1120 g/mol. The van der Waals surface area contributed by atoms with Crippen LogP contribution in [-0.2, 0) is 57.0 Å². The first kappa shape index (κ1) is 62.2. The van der Waals surface area contributed by atoms with Gasteiger partial charge in [-0.05, 0) is 107 Å². The number of fused-ring (bicyclic) bond motifs is 2. The molecule has 22 heteroatoms. The average Bonchev–Trinajstić information content (AvgIpc) is 4.29. The van der Waals surface area contributed by atoms with Gasteiger partial charge in [-0.25, -0.2) is 14.0 Å². The fraction of sp³-hybridized carbons (Fsp3) is 0.772. The van der Waals surface area contributed by atoms with Crippen molar-refractivity contribution in [3.05, 3.63) is 39.9 Å². The zero-order chi connectivity index (χ0) is 58.2. The van der Waals surface area contributed by atoms with Crippen molar-refractivity contribution in [3.8, 4) is 0 Å². The number of methoxy groups -OCH3 is 2. The molecule has 4 saturated heterocycles. The molecule has 5 aliphatic rings. The summed E-state index contributed by atoms with van der Waals surface area (Å²) in [6.45, 7) is 19.5. The number of carbonyl (C=O) groups is 4. The van der Waals surface area contributed by atoms with Crippen LogP contribution in [0.4, 0.5) is 14.9 Å². The molecule has 1 aliphatic carbocycles. The molecule has 1 saturated carbocycles. The number of aliphatic hydroxyl groups is 1. The summed E-state index contributed by atoms with van der Waals surface area (Å²) in [5.74, 6) is -6.30. The van der Waals surface area contributed by atoms with E-state index in [9.17, 15) is 34.2 Å². The summed E-state index contributed by atoms with van der Waals surface area (Å²) in [6.07, 6.45) is -5.86. The predicted molar refractivity (Wildman–Crippen MR) is 287 cm³/mol. The summed E-state index contributed by atoms with van der Waals surface area (Å²) in [4.78, 5) is 71.0. The van der Waals surface area contributed by atoms with E-state index in [1.165, 1.54) is 13.3 Å². The lowest BCUT2D eigenvalue weighted by Gasteiger charge is -2.50. The minimum atomic E-state index is -1.52. The van der Waals surface area contributed by atoms with Crippen molar-refractivity contribution in [3.63, 3.8) is 0 Å². The largest absolute Gasteiger partial charge is 0.509 e. The van der Waals surface area contributed by atoms with Crippen LogP contribution in [0.1, 0.15) is 124 Å². The Morgan fingerprint density at radius 1 is 0.899 bits per heavy atom. The fourth-order valence-electron chi connectivity index (χ4n) is 12.6. The van der Waals surface area contributed by atoms with E-state index in [0.717, 1.165) is 18.9 Å². The summed E-state index contributed by atoms with van der Waals surface area (Å²) in [6, 6.07) is 2.39. The van der Waals surface area contributed by atoms with Gasteiger partial charge in [-0.15, -0.1) is 0 Å². The van der Waals surface area contributed by atoms with E-state index in [2.05, 4.69) is 5.32 Å². The van der Waals surface area contributed by atoms with E-state index >= 15 is 4.39 Å². The highest BCUT2D eigenvalue weighted by Crippen LogP contribution is 2.45. The van der Waals surface area contributed by atoms with E-state index in [1.54, 1.807) is 52.4 Å². The van der Waals surface area contributed by atoms with E-state index in [-0.39, 0.29) is 66.5 Å². The topological polar surface area (TPSA) is 242 Å². The summed E-state index contributed by atoms with van der Waals surface area (Å²) in [5, 5.41) is 24.6. The van der Waals surface area contributed by atoms with Gasteiger partial charge in [0, 0.05) is 75.8 Å². The van der Waals surface area contributed by atoms with Gasteiger partial charge in [0.2, 0.25) is 5.43 Å². The third kappa shape index (κ3) is 13.1. The molecule has 0 unspecified atom stereocenters. The van der Waals surface area contributed by atoms with Crippen molar-refractivity contribution in [1.29, 1.82) is 0 Å². The molecule has 1 aromatic heterocycles. The number of ketones is 1. The molecule has 5 fully saturated rings. The molecule has 4 aliphatic heterocycles. The number of benzene rings is 1. The number of hydrogen-bond acceptors (Lipinski definition) is 19. The van der Waals surface area contributed by atoms with Crippen LogP contribution in [0.5, 0.6) is 0 Å². The Labute approximate surface area is 463 Å². The number of aromatic nitrogens is 1. The van der Waals surface area contributed by atoms with Crippen molar-refractivity contribution in [2.24, 2.45) is 23.7 Å². The number of pyridine rings is 1. The number of cyclic esters (lactones) is 1. The molecule has 5 heterocycles. The second-order valence-electron chi connectivity index (χ2n) is 23.8. The van der Waals surface area contributed by atoms with Crippen LogP contribution in [-0.4, -0.2) is 194 Å². The number of anilines is 1. The molecule has 0 spiro atoms. The second kappa shape index (κ2) is 25.0. The zero-order valence-electron chi connectivity index (χ0n) is 48.8. The van der Waals surface area contributed by atoms with Crippen molar-refractivity contribution in [1.82, 2.24) is 14.4 Å². The smallest absolute Gasteiger partial charge is 0.477 e. The van der Waals surface area contributed by atoms with Crippen LogP contribution in [0, 0.1) is 29.5 Å². The Bertz CT molecular complexity index is 2570. The van der Waals surface area contributed by atoms with Crippen LogP contribution in [0.2, 0.25) is 0 Å². The number of ether oxygens (including phenoxy) is 10. The summed E-state index contributed by atoms with van der Waals surface area (Å²) < 4.78 is 81.3. The lowest BCUT2D eigenvalue weighted by atomic mass is 9.74. The van der Waals surface area contributed by atoms with E-state index in [4.69, 9.17) is 47.4 Å². The first-order chi connectivity index (χ1) is 37.1. The summed E-state index contributed by atoms with van der Waals surface area (Å²) in [5.41, 5.74) is -4.25. The van der Waals surface area contributed by atoms with E-state index in [1.807, 2.05) is 65.6 Å². The van der Waals surface area contributed by atoms with Gasteiger partial charge in [0.15, 0.2) is 24.3 Å². The van der Waals surface area contributed by atoms with Crippen molar-refractivity contribution in [2.45, 2.75) is 198 Å². The predicted octanol–water partition coefficient (Wildman–Crippen LogP) is 6.18. The molecule has 7 rings (SSSR count). The maximum absolute atomic E-state index is 15.4. The van der Waals surface area contributed by atoms with Gasteiger partial charge < -0.3 is 77.3 Å². The van der Waals surface area contributed by atoms with Gasteiger partial charge in [0.25, 0.3) is 0 Å². The minimum Gasteiger partial charge on any atom is -0.477 e. The van der Waals surface area contributed by atoms with Gasteiger partial charge in [-0.3, -0.25) is 14.4 Å². The Balaban J connectivity index is 1.10. The molecule has 444 valence electrons. The standard InChI is InChI=1S/C57H87FN4O17/c1-16-42-57(10)49(78-54(69)79-57)31(4)44(63)29(2)26-55(8,70-14)48(77-53-46(65)41(60(11)12)23-30(3)73-53)32(5)47(33(6)52(68)75-42)76-43-27-56(9,71-15)50(34(7)74-43)72-22-21-61(13)20-19-59-39-25-40-36(24-38(39)58)45(64)37(51(66)67)28-62(40)35-17-18-35/h24-25,28-35,41-43,46-50,53,59,65H,16-23,26-27H2,1-15H3,(H,66,67)/t29-,30+,31+,32+,33-,34+,41-,42-,43+,46+,47+,48-,49-,50+,53-,55-,56-,57-/m1/s1. The first-order valence-corrected chi connectivity index (χ1v) is 28.0. The average molecular weight is 1120 g/mol. The quantitative estimate of drug-likeness (QED) is 0.141. The van der Waals surface area contributed by atoms with Crippen LogP contribution in [0.25, 0.3) is 10.9 Å². The second-order valence-corrected chi connectivity index (χ2v) is 23.8. The normalized spacial score (nSPS) is 37.8. The molecule has 1 aromatic carbocycles. The highest BCUT2D eigenvalue weighted by atomic mass is 19.1. The lowest BCUT2D eigenvalue weighted by molar-refractivity contribution is -0.322. The molecular formula is C57H87FN4O17. The maximum Gasteiger partial charge on any atom is 0.509 e. The number of aromatic carboxylic acids is 1. The van der Waals surface area contributed by atoms with Crippen LogP contribution < -0.4 is 10.7 Å². The van der Waals surface area contributed by atoms with Gasteiger partial charge in [0.05, 0.1) is 65.3 Å². The Morgan fingerprint density at radius 3 is 2.19 bits per heavy atom. The Hall–Kier alpha value is -4.36. The molecule has 0 amide bonds. The zero-order valence-corrected chi connectivity index (χ0v) is 48.8. The number of halogens is 1. The number of Topliss-reactive ketones (excluding diaryl/α,β-unsaturated/α-hetero) is 1. The molecule has 0 bridgehead atoms. The molecule has 0 radical (unpaired) electrons. The molecular weight excluding hydrogens is 1030 g/mol. The number of esters is 1. The molecule has 21 nitrogen and oxygen atoms in total. The van der Waals surface area contributed by atoms with Crippen molar-refractivity contribution >= 4 is 40.5 Å². The summed E-state index contributed by atoms with van der Waals surface area (Å²) >= 11 is 0. The van der Waals surface area contributed by atoms with E-state index in [0.29, 0.717) is 31.6 Å². The fourth-order valence-corrected chi connectivity index (χ4v) is 12.6. The highest BCUT2D eigenvalue weighted by molar-refractivity contribution is 5.93. The van der Waals surface area contributed by atoms with E-state index < -0.39 is 125 Å².